The maximum atomic E-state index is 12.2. The third kappa shape index (κ3) is 7.01. The zero-order valence-electron chi connectivity index (χ0n) is 15.7. The van der Waals surface area contributed by atoms with Gasteiger partial charge in [-0.15, -0.1) is 0 Å². The lowest BCUT2D eigenvalue weighted by molar-refractivity contribution is -0.144. The van der Waals surface area contributed by atoms with Crippen molar-refractivity contribution in [3.05, 3.63) is 59.7 Å². The van der Waals surface area contributed by atoms with Gasteiger partial charge in [-0.2, -0.15) is 0 Å². The van der Waals surface area contributed by atoms with Gasteiger partial charge < -0.3 is 15.8 Å². The van der Waals surface area contributed by atoms with Gasteiger partial charge in [-0.1, -0.05) is 12.1 Å². The topological polar surface area (TPSA) is 145 Å². The highest BCUT2D eigenvalue weighted by Crippen LogP contribution is 2.14. The number of sulfonamides is 1. The number of hydrogen-bond donors (Lipinski definition) is 3. The van der Waals surface area contributed by atoms with E-state index in [0.717, 1.165) is 0 Å². The molecule has 2 aromatic carbocycles. The maximum absolute atomic E-state index is 12.2. The molecule has 0 unspecified atom stereocenters. The number of esters is 1. The fourth-order valence-corrected chi connectivity index (χ4v) is 3.37. The Morgan fingerprint density at radius 1 is 1.07 bits per heavy atom. The Hall–Kier alpha value is -3.24. The van der Waals surface area contributed by atoms with Crippen LogP contribution in [0, 0.1) is 0 Å². The Balaban J connectivity index is 1.82. The van der Waals surface area contributed by atoms with Gasteiger partial charge in [-0.05, 0) is 42.0 Å². The predicted octanol–water partition coefficient (Wildman–Crippen LogP) is 1.16. The molecular formula is C19H21N3O6S. The van der Waals surface area contributed by atoms with Crippen molar-refractivity contribution in [2.45, 2.75) is 24.8 Å². The second kappa shape index (κ2) is 9.80. The van der Waals surface area contributed by atoms with E-state index in [1.54, 1.807) is 18.2 Å². The Kier molecular flexibility index (Phi) is 7.46. The minimum Gasteiger partial charge on any atom is -0.461 e. The number of ether oxygens (including phenoxy) is 1. The lowest BCUT2D eigenvalue weighted by atomic mass is 10.1. The minimum atomic E-state index is -3.81. The van der Waals surface area contributed by atoms with Crippen LogP contribution in [0.25, 0.3) is 0 Å². The Bertz CT molecular complexity index is 1000. The average Bonchev–Trinajstić information content (AvgIpc) is 2.66. The molecule has 0 radical (unpaired) electrons. The van der Waals surface area contributed by atoms with Crippen LogP contribution in [0.5, 0.6) is 0 Å². The number of primary amides is 1. The highest BCUT2D eigenvalue weighted by molar-refractivity contribution is 7.89. The number of carbonyl (C=O) groups is 3. The van der Waals surface area contributed by atoms with Gasteiger partial charge in [0.2, 0.25) is 21.8 Å². The average molecular weight is 419 g/mol. The molecule has 4 N–H and O–H groups in total. The van der Waals surface area contributed by atoms with Crippen molar-refractivity contribution in [2.75, 3.05) is 11.9 Å². The summed E-state index contributed by atoms with van der Waals surface area (Å²) < 4.78 is 31.8. The van der Waals surface area contributed by atoms with Crippen molar-refractivity contribution in [1.29, 1.82) is 0 Å². The lowest BCUT2D eigenvalue weighted by Crippen LogP contribution is -2.26. The Labute approximate surface area is 168 Å². The standard InChI is InChI=1S/C19H21N3O6S/c1-13(23)22-16-5-7-17(8-6-16)29(26,27)21-10-9-18(24)28-12-14-3-2-4-15(11-14)19(20)25/h2-8,11,21H,9-10,12H2,1H3,(H2,20,25)(H,22,23). The summed E-state index contributed by atoms with van der Waals surface area (Å²) in [4.78, 5) is 33.9. The minimum absolute atomic E-state index is 0.00300. The van der Waals surface area contributed by atoms with Gasteiger partial charge >= 0.3 is 5.97 Å². The van der Waals surface area contributed by atoms with Crippen molar-refractivity contribution in [1.82, 2.24) is 4.72 Å². The van der Waals surface area contributed by atoms with Gasteiger partial charge in [0.25, 0.3) is 0 Å². The number of amides is 2. The third-order valence-corrected chi connectivity index (χ3v) is 5.19. The summed E-state index contributed by atoms with van der Waals surface area (Å²) in [5.41, 5.74) is 6.56. The number of nitrogens with one attached hydrogen (secondary N) is 2. The smallest absolute Gasteiger partial charge is 0.307 e. The van der Waals surface area contributed by atoms with E-state index >= 15 is 0 Å². The van der Waals surface area contributed by atoms with Crippen molar-refractivity contribution in [2.24, 2.45) is 5.73 Å². The van der Waals surface area contributed by atoms with Gasteiger partial charge in [0.15, 0.2) is 0 Å². The molecule has 0 atom stereocenters. The highest BCUT2D eigenvalue weighted by Gasteiger charge is 2.15. The molecule has 0 spiro atoms. The van der Waals surface area contributed by atoms with Crippen LogP contribution < -0.4 is 15.8 Å². The van der Waals surface area contributed by atoms with E-state index in [2.05, 4.69) is 10.0 Å². The first-order valence-electron chi connectivity index (χ1n) is 8.59. The number of carbonyl (C=O) groups excluding carboxylic acids is 3. The van der Waals surface area contributed by atoms with E-state index in [1.165, 1.54) is 37.3 Å². The Morgan fingerprint density at radius 2 is 1.76 bits per heavy atom. The first kappa shape index (κ1) is 22.1. The molecule has 10 heteroatoms. The molecule has 0 aliphatic rings. The van der Waals surface area contributed by atoms with Crippen molar-refractivity contribution < 1.29 is 27.5 Å². The molecule has 0 aromatic heterocycles. The van der Waals surface area contributed by atoms with Crippen LogP contribution in [0.15, 0.2) is 53.4 Å². The van der Waals surface area contributed by atoms with Crippen LogP contribution in [-0.4, -0.2) is 32.7 Å². The van der Waals surface area contributed by atoms with E-state index in [-0.39, 0.29) is 30.4 Å². The molecular weight excluding hydrogens is 398 g/mol. The van der Waals surface area contributed by atoms with E-state index in [0.29, 0.717) is 16.8 Å². The first-order chi connectivity index (χ1) is 13.7. The zero-order chi connectivity index (χ0) is 21.4. The SMILES string of the molecule is CC(=O)Nc1ccc(S(=O)(=O)NCCC(=O)OCc2cccc(C(N)=O)c2)cc1. The number of hydrogen-bond acceptors (Lipinski definition) is 6. The molecule has 0 heterocycles. The van der Waals surface area contributed by atoms with E-state index < -0.39 is 21.9 Å². The summed E-state index contributed by atoms with van der Waals surface area (Å²) in [5.74, 6) is -1.45. The predicted molar refractivity (Wildman–Crippen MR) is 105 cm³/mol. The quantitative estimate of drug-likeness (QED) is 0.520. The van der Waals surface area contributed by atoms with Crippen LogP contribution >= 0.6 is 0 Å². The van der Waals surface area contributed by atoms with Gasteiger partial charge in [0.05, 0.1) is 11.3 Å². The summed E-state index contributed by atoms with van der Waals surface area (Å²) in [7, 11) is -3.81. The van der Waals surface area contributed by atoms with E-state index in [1.807, 2.05) is 0 Å². The fourth-order valence-electron chi connectivity index (χ4n) is 2.34. The summed E-state index contributed by atoms with van der Waals surface area (Å²) in [5, 5.41) is 2.54. The number of benzene rings is 2. The van der Waals surface area contributed by atoms with Gasteiger partial charge in [-0.25, -0.2) is 13.1 Å². The third-order valence-electron chi connectivity index (χ3n) is 3.72. The molecule has 0 aliphatic carbocycles. The summed E-state index contributed by atoms with van der Waals surface area (Å²) in [6.07, 6.45) is -0.168. The molecule has 0 bridgehead atoms. The van der Waals surface area contributed by atoms with E-state index in [4.69, 9.17) is 10.5 Å². The van der Waals surface area contributed by atoms with Gasteiger partial charge in [-0.3, -0.25) is 14.4 Å². The van der Waals surface area contributed by atoms with Crippen molar-refractivity contribution in [3.8, 4) is 0 Å². The summed E-state index contributed by atoms with van der Waals surface area (Å²) >= 11 is 0. The molecule has 0 fully saturated rings. The second-order valence-electron chi connectivity index (χ2n) is 6.08. The molecule has 2 amide bonds. The molecule has 2 aromatic rings. The molecule has 0 saturated heterocycles. The lowest BCUT2D eigenvalue weighted by Gasteiger charge is -2.09. The van der Waals surface area contributed by atoms with Crippen molar-refractivity contribution in [3.63, 3.8) is 0 Å². The molecule has 0 aliphatic heterocycles. The highest BCUT2D eigenvalue weighted by atomic mass is 32.2. The maximum Gasteiger partial charge on any atom is 0.307 e. The summed E-state index contributed by atoms with van der Waals surface area (Å²) in [6, 6.07) is 12.0. The normalized spacial score (nSPS) is 10.9. The number of nitrogens with two attached hydrogens (primary N) is 1. The van der Waals surface area contributed by atoms with Crippen LogP contribution in [0.3, 0.4) is 0 Å². The molecule has 29 heavy (non-hydrogen) atoms. The monoisotopic (exact) mass is 419 g/mol. The Morgan fingerprint density at radius 3 is 2.38 bits per heavy atom. The molecule has 9 nitrogen and oxygen atoms in total. The molecule has 0 saturated carbocycles. The second-order valence-corrected chi connectivity index (χ2v) is 7.85. The van der Waals surface area contributed by atoms with Crippen LogP contribution in [0.4, 0.5) is 5.69 Å². The number of rotatable bonds is 9. The first-order valence-corrected chi connectivity index (χ1v) is 10.1. The number of anilines is 1. The van der Waals surface area contributed by atoms with Crippen LogP contribution in [-0.2, 0) is 31.0 Å². The van der Waals surface area contributed by atoms with Crippen LogP contribution in [0.1, 0.15) is 29.3 Å². The van der Waals surface area contributed by atoms with Gasteiger partial charge in [0, 0.05) is 24.7 Å². The zero-order valence-corrected chi connectivity index (χ0v) is 16.5. The van der Waals surface area contributed by atoms with Gasteiger partial charge in [0.1, 0.15) is 6.61 Å². The van der Waals surface area contributed by atoms with E-state index in [9.17, 15) is 22.8 Å². The fraction of sp³-hybridized carbons (Fsp3) is 0.211. The van der Waals surface area contributed by atoms with Crippen molar-refractivity contribution >= 4 is 33.5 Å². The molecule has 154 valence electrons. The molecule has 2 rings (SSSR count). The summed E-state index contributed by atoms with van der Waals surface area (Å²) in [6.45, 7) is 1.15. The largest absolute Gasteiger partial charge is 0.461 e. The van der Waals surface area contributed by atoms with Crippen LogP contribution in [0.2, 0.25) is 0 Å².